The Labute approximate surface area is 98.8 Å². The smallest absolute Gasteiger partial charge is 0.258 e. The van der Waals surface area contributed by atoms with Gasteiger partial charge in [0.25, 0.3) is 5.56 Å². The number of thioether (sulfide) groups is 1. The molecule has 0 saturated heterocycles. The van der Waals surface area contributed by atoms with Gasteiger partial charge < -0.3 is 10.1 Å². The number of aromatic hydroxyl groups is 1. The molecule has 0 aliphatic carbocycles. The quantitative estimate of drug-likeness (QED) is 0.469. The molecule has 0 atom stereocenters. The van der Waals surface area contributed by atoms with E-state index in [4.69, 9.17) is 0 Å². The molecule has 0 unspecified atom stereocenters. The molecule has 0 amide bonds. The number of nitrogens with one attached hydrogen (secondary N) is 1. The predicted octanol–water partition coefficient (Wildman–Crippen LogP) is 1.95. The normalized spacial score (nSPS) is 10.7. The van der Waals surface area contributed by atoms with Crippen LogP contribution in [-0.2, 0) is 6.42 Å². The Kier molecular flexibility index (Phi) is 4.61. The van der Waals surface area contributed by atoms with Gasteiger partial charge in [-0.2, -0.15) is 4.98 Å². The molecular formula is C11H16N2O2S. The Bertz CT molecular complexity index is 426. The Morgan fingerprint density at radius 3 is 2.81 bits per heavy atom. The average Bonchev–Trinajstić information content (AvgIpc) is 2.20. The van der Waals surface area contributed by atoms with E-state index >= 15 is 0 Å². The average molecular weight is 240 g/mol. The fourth-order valence-corrected chi connectivity index (χ4v) is 1.86. The van der Waals surface area contributed by atoms with Gasteiger partial charge in [-0.1, -0.05) is 31.7 Å². The molecule has 2 N–H and O–H groups in total. The summed E-state index contributed by atoms with van der Waals surface area (Å²) in [6.45, 7) is 7.55. The zero-order valence-corrected chi connectivity index (χ0v) is 10.3. The first-order chi connectivity index (χ1) is 7.54. The first-order valence-corrected chi connectivity index (χ1v) is 6.09. The topological polar surface area (TPSA) is 66.0 Å². The number of aromatic amines is 1. The van der Waals surface area contributed by atoms with Crippen LogP contribution in [0.25, 0.3) is 0 Å². The molecule has 88 valence electrons. The van der Waals surface area contributed by atoms with Crippen LogP contribution >= 0.6 is 11.8 Å². The van der Waals surface area contributed by atoms with Gasteiger partial charge in [0, 0.05) is 5.75 Å². The molecule has 5 heteroatoms. The maximum Gasteiger partial charge on any atom is 0.258 e. The van der Waals surface area contributed by atoms with Crippen molar-refractivity contribution in [1.82, 2.24) is 9.97 Å². The van der Waals surface area contributed by atoms with E-state index < -0.39 is 0 Å². The third-order valence-electron chi connectivity index (χ3n) is 1.92. The van der Waals surface area contributed by atoms with Crippen molar-refractivity contribution in [2.45, 2.75) is 25.4 Å². The lowest BCUT2D eigenvalue weighted by Crippen LogP contribution is -2.16. The molecule has 0 saturated carbocycles. The minimum absolute atomic E-state index is 0.163. The molecule has 0 fully saturated rings. The van der Waals surface area contributed by atoms with Crippen LogP contribution in [0.5, 0.6) is 5.88 Å². The zero-order chi connectivity index (χ0) is 12.1. The monoisotopic (exact) mass is 240 g/mol. The number of hydrogen-bond donors (Lipinski definition) is 2. The van der Waals surface area contributed by atoms with Crippen LogP contribution in [0.2, 0.25) is 0 Å². The summed E-state index contributed by atoms with van der Waals surface area (Å²) >= 11 is 1.33. The number of H-pyrrole nitrogens is 1. The molecule has 1 rings (SSSR count). The molecule has 0 bridgehead atoms. The summed E-state index contributed by atoms with van der Waals surface area (Å²) in [7, 11) is 0. The van der Waals surface area contributed by atoms with E-state index in [1.807, 2.05) is 13.8 Å². The van der Waals surface area contributed by atoms with Gasteiger partial charge in [-0.25, -0.2) is 0 Å². The fraction of sp³-hybridized carbons (Fsp3) is 0.455. The van der Waals surface area contributed by atoms with Crippen LogP contribution in [0.3, 0.4) is 0 Å². The van der Waals surface area contributed by atoms with Gasteiger partial charge in [-0.15, -0.1) is 6.58 Å². The predicted molar refractivity (Wildman–Crippen MR) is 66.0 cm³/mol. The van der Waals surface area contributed by atoms with Gasteiger partial charge in [0.05, 0.1) is 5.56 Å². The van der Waals surface area contributed by atoms with Crippen LogP contribution in [0.4, 0.5) is 0 Å². The van der Waals surface area contributed by atoms with Crippen LogP contribution < -0.4 is 5.56 Å². The van der Waals surface area contributed by atoms with Crippen molar-refractivity contribution >= 4 is 11.8 Å². The third kappa shape index (κ3) is 3.41. The molecule has 0 spiro atoms. The maximum absolute atomic E-state index is 11.7. The molecule has 1 heterocycles. The van der Waals surface area contributed by atoms with Crippen LogP contribution in [0.15, 0.2) is 22.6 Å². The van der Waals surface area contributed by atoms with Gasteiger partial charge in [0.2, 0.25) is 5.88 Å². The number of rotatable bonds is 5. The molecule has 0 aromatic carbocycles. The molecule has 0 aliphatic heterocycles. The SMILES string of the molecule is C=CCSc1nc(O)c(CC(C)C)c(=O)[nH]1. The first-order valence-electron chi connectivity index (χ1n) is 5.10. The number of nitrogens with zero attached hydrogens (tertiary/aromatic N) is 1. The van der Waals surface area contributed by atoms with Crippen LogP contribution in [0.1, 0.15) is 19.4 Å². The molecule has 4 nitrogen and oxygen atoms in total. The van der Waals surface area contributed by atoms with Gasteiger partial charge in [0.1, 0.15) is 0 Å². The van der Waals surface area contributed by atoms with Crippen LogP contribution in [0, 0.1) is 5.92 Å². The van der Waals surface area contributed by atoms with Gasteiger partial charge >= 0.3 is 0 Å². The highest BCUT2D eigenvalue weighted by Crippen LogP contribution is 2.18. The highest BCUT2D eigenvalue weighted by Gasteiger charge is 2.11. The summed E-state index contributed by atoms with van der Waals surface area (Å²) in [6, 6.07) is 0. The van der Waals surface area contributed by atoms with E-state index in [0.29, 0.717) is 28.8 Å². The Morgan fingerprint density at radius 1 is 1.62 bits per heavy atom. The van der Waals surface area contributed by atoms with Crippen molar-refractivity contribution in [1.29, 1.82) is 0 Å². The van der Waals surface area contributed by atoms with Crippen molar-refractivity contribution in [2.24, 2.45) is 5.92 Å². The maximum atomic E-state index is 11.7. The van der Waals surface area contributed by atoms with Crippen LogP contribution in [-0.4, -0.2) is 20.8 Å². The molecular weight excluding hydrogens is 224 g/mol. The molecule has 16 heavy (non-hydrogen) atoms. The van der Waals surface area contributed by atoms with E-state index in [1.54, 1.807) is 6.08 Å². The lowest BCUT2D eigenvalue weighted by Gasteiger charge is -2.06. The molecule has 1 aromatic heterocycles. The lowest BCUT2D eigenvalue weighted by atomic mass is 10.1. The van der Waals surface area contributed by atoms with Crippen molar-refractivity contribution in [3.63, 3.8) is 0 Å². The summed E-state index contributed by atoms with van der Waals surface area (Å²) in [4.78, 5) is 18.2. The molecule has 0 radical (unpaired) electrons. The van der Waals surface area contributed by atoms with Crippen molar-refractivity contribution in [3.8, 4) is 5.88 Å². The number of aromatic nitrogens is 2. The van der Waals surface area contributed by atoms with Gasteiger partial charge in [0.15, 0.2) is 5.16 Å². The molecule has 1 aromatic rings. The number of hydrogen-bond acceptors (Lipinski definition) is 4. The summed E-state index contributed by atoms with van der Waals surface area (Å²) < 4.78 is 0. The largest absolute Gasteiger partial charge is 0.493 e. The van der Waals surface area contributed by atoms with E-state index in [1.165, 1.54) is 11.8 Å². The summed E-state index contributed by atoms with van der Waals surface area (Å²) in [5.41, 5.74) is 0.103. The first kappa shape index (κ1) is 12.8. The fourth-order valence-electron chi connectivity index (χ4n) is 1.26. The summed E-state index contributed by atoms with van der Waals surface area (Å²) in [6.07, 6.45) is 2.24. The van der Waals surface area contributed by atoms with E-state index in [0.717, 1.165) is 0 Å². The van der Waals surface area contributed by atoms with Crippen molar-refractivity contribution in [3.05, 3.63) is 28.6 Å². The summed E-state index contributed by atoms with van der Waals surface area (Å²) in [5.74, 6) is 0.788. The van der Waals surface area contributed by atoms with E-state index in [2.05, 4.69) is 16.5 Å². The van der Waals surface area contributed by atoms with Gasteiger partial charge in [-0.05, 0) is 12.3 Å². The molecule has 0 aliphatic rings. The van der Waals surface area contributed by atoms with Crippen molar-refractivity contribution < 1.29 is 5.11 Å². The second-order valence-corrected chi connectivity index (χ2v) is 4.88. The second-order valence-electron chi connectivity index (χ2n) is 3.87. The highest BCUT2D eigenvalue weighted by atomic mass is 32.2. The van der Waals surface area contributed by atoms with E-state index in [-0.39, 0.29) is 11.4 Å². The second kappa shape index (κ2) is 5.75. The minimum Gasteiger partial charge on any atom is -0.493 e. The Hall–Kier alpha value is -1.23. The standard InChI is InChI=1S/C11H16N2O2S/c1-4-5-16-11-12-9(14)8(6-7(2)3)10(15)13-11/h4,7H,1,5-6H2,2-3H3,(H2,12,13,14,15). The third-order valence-corrected chi connectivity index (χ3v) is 2.79. The Morgan fingerprint density at radius 2 is 2.31 bits per heavy atom. The van der Waals surface area contributed by atoms with Crippen molar-refractivity contribution in [2.75, 3.05) is 5.75 Å². The van der Waals surface area contributed by atoms with E-state index in [9.17, 15) is 9.90 Å². The highest BCUT2D eigenvalue weighted by molar-refractivity contribution is 7.99. The van der Waals surface area contributed by atoms with Gasteiger partial charge in [-0.3, -0.25) is 4.79 Å². The summed E-state index contributed by atoms with van der Waals surface area (Å²) in [5, 5.41) is 10.1. The lowest BCUT2D eigenvalue weighted by molar-refractivity contribution is 0.430. The Balaban J connectivity index is 2.98. The minimum atomic E-state index is -0.257. The zero-order valence-electron chi connectivity index (χ0n) is 9.49.